The van der Waals surface area contributed by atoms with E-state index >= 15 is 0 Å². The molecule has 1 aromatic carbocycles. The number of H-pyrrole nitrogens is 1. The summed E-state index contributed by atoms with van der Waals surface area (Å²) in [5.41, 5.74) is 0.849. The van der Waals surface area contributed by atoms with Gasteiger partial charge in [0.05, 0.1) is 17.2 Å². The summed E-state index contributed by atoms with van der Waals surface area (Å²) in [7, 11) is 0. The van der Waals surface area contributed by atoms with Crippen molar-refractivity contribution < 1.29 is 4.79 Å². The van der Waals surface area contributed by atoms with Crippen LogP contribution in [0.15, 0.2) is 29.1 Å². The number of rotatable bonds is 1. The molecule has 0 bridgehead atoms. The Balaban J connectivity index is 1.95. The highest BCUT2D eigenvalue weighted by molar-refractivity contribution is 5.89. The first kappa shape index (κ1) is 11.0. The van der Waals surface area contributed by atoms with Crippen LogP contribution in [-0.2, 0) is 0 Å². The Labute approximate surface area is 103 Å². The van der Waals surface area contributed by atoms with Crippen LogP contribution >= 0.6 is 0 Å². The summed E-state index contributed by atoms with van der Waals surface area (Å²) in [5, 5.41) is 5.97. The molecule has 1 amide bonds. The lowest BCUT2D eigenvalue weighted by Crippen LogP contribution is -2.45. The minimum atomic E-state index is -0.410. The third-order valence-electron chi connectivity index (χ3n) is 3.15. The zero-order valence-electron chi connectivity index (χ0n) is 9.77. The van der Waals surface area contributed by atoms with Crippen molar-refractivity contribution >= 4 is 17.1 Å². The van der Waals surface area contributed by atoms with Crippen molar-refractivity contribution in [3.63, 3.8) is 0 Å². The smallest absolute Gasteiger partial charge is 0.322 e. The number of carbonyl (C=O) groups excluding carboxylic acids is 1. The molecule has 1 atom stereocenters. The number of para-hydroxylation sites is 2. The van der Waals surface area contributed by atoms with E-state index in [0.29, 0.717) is 11.0 Å². The molecule has 6 nitrogen and oxygen atoms in total. The number of aromatic amines is 1. The molecule has 0 radical (unpaired) electrons. The van der Waals surface area contributed by atoms with Gasteiger partial charge in [-0.25, -0.2) is 14.2 Å². The summed E-state index contributed by atoms with van der Waals surface area (Å²) in [6, 6.07) is 6.74. The van der Waals surface area contributed by atoms with Crippen molar-refractivity contribution in [2.75, 3.05) is 6.54 Å². The summed E-state index contributed by atoms with van der Waals surface area (Å²) < 4.78 is 1.13. The molecule has 0 aliphatic carbocycles. The minimum absolute atomic E-state index is 0.0435. The summed E-state index contributed by atoms with van der Waals surface area (Å²) in [4.78, 5) is 26.5. The average Bonchev–Trinajstić information content (AvgIpc) is 2.94. The van der Waals surface area contributed by atoms with Crippen molar-refractivity contribution in [3.8, 4) is 0 Å². The molecule has 0 spiro atoms. The van der Waals surface area contributed by atoms with Gasteiger partial charge in [0.1, 0.15) is 0 Å². The van der Waals surface area contributed by atoms with Crippen LogP contribution in [0.4, 0.5) is 4.79 Å². The second-order valence-corrected chi connectivity index (χ2v) is 4.38. The van der Waals surface area contributed by atoms with E-state index in [1.807, 2.05) is 6.07 Å². The number of imidazole rings is 1. The quantitative estimate of drug-likeness (QED) is 0.689. The van der Waals surface area contributed by atoms with Crippen LogP contribution in [0.5, 0.6) is 0 Å². The van der Waals surface area contributed by atoms with Gasteiger partial charge in [-0.3, -0.25) is 5.32 Å². The third kappa shape index (κ3) is 1.80. The number of carbonyl (C=O) groups is 1. The van der Waals surface area contributed by atoms with Crippen molar-refractivity contribution in [3.05, 3.63) is 34.7 Å². The fourth-order valence-electron chi connectivity index (χ4n) is 2.28. The van der Waals surface area contributed by atoms with Gasteiger partial charge in [0.25, 0.3) is 0 Å². The number of hydrogen-bond donors (Lipinski definition) is 3. The summed E-state index contributed by atoms with van der Waals surface area (Å²) >= 11 is 0. The Morgan fingerprint density at radius 3 is 3.00 bits per heavy atom. The molecule has 2 aromatic rings. The van der Waals surface area contributed by atoms with Crippen LogP contribution < -0.4 is 16.3 Å². The molecule has 0 saturated carbocycles. The summed E-state index contributed by atoms with van der Waals surface area (Å²) in [5.74, 6) is 0. The van der Waals surface area contributed by atoms with Gasteiger partial charge in [-0.2, -0.15) is 0 Å². The first-order chi connectivity index (χ1) is 8.75. The Morgan fingerprint density at radius 1 is 1.39 bits per heavy atom. The molecule has 3 N–H and O–H groups in total. The average molecular weight is 246 g/mol. The predicted molar refractivity (Wildman–Crippen MR) is 67.5 cm³/mol. The molecular weight excluding hydrogens is 232 g/mol. The number of nitrogens with zero attached hydrogens (tertiary/aromatic N) is 1. The number of amides is 1. The fourth-order valence-corrected chi connectivity index (χ4v) is 2.28. The monoisotopic (exact) mass is 246 g/mol. The van der Waals surface area contributed by atoms with Gasteiger partial charge in [0.15, 0.2) is 0 Å². The van der Waals surface area contributed by atoms with Crippen LogP contribution in [0.1, 0.15) is 12.8 Å². The standard InChI is InChI=1S/C12H14N4O2/c17-11-14-8-4-1-2-5-9(8)16(11)12(18)15-10-6-3-7-13-10/h1-2,4-5,10,13H,3,6-7H2,(H,14,17)(H,15,18). The molecule has 1 aromatic heterocycles. The van der Waals surface area contributed by atoms with Crippen LogP contribution in [0.2, 0.25) is 0 Å². The third-order valence-corrected chi connectivity index (χ3v) is 3.15. The molecule has 94 valence electrons. The van der Waals surface area contributed by atoms with Crippen molar-refractivity contribution in [2.45, 2.75) is 19.0 Å². The van der Waals surface area contributed by atoms with Crippen molar-refractivity contribution in [1.82, 2.24) is 20.2 Å². The van der Waals surface area contributed by atoms with Crippen molar-refractivity contribution in [1.29, 1.82) is 0 Å². The molecule has 1 aliphatic heterocycles. The zero-order valence-corrected chi connectivity index (χ0v) is 9.77. The summed E-state index contributed by atoms with van der Waals surface area (Å²) in [6.07, 6.45) is 1.88. The van der Waals surface area contributed by atoms with Crippen LogP contribution in [-0.4, -0.2) is 28.3 Å². The largest absolute Gasteiger partial charge is 0.334 e. The lowest BCUT2D eigenvalue weighted by Gasteiger charge is -2.12. The molecular formula is C12H14N4O2. The van der Waals surface area contributed by atoms with Crippen LogP contribution in [0.25, 0.3) is 11.0 Å². The van der Waals surface area contributed by atoms with Gasteiger partial charge < -0.3 is 10.3 Å². The van der Waals surface area contributed by atoms with Gasteiger partial charge in [-0.15, -0.1) is 0 Å². The highest BCUT2D eigenvalue weighted by Crippen LogP contribution is 2.09. The Bertz CT molecular complexity index is 637. The molecule has 6 heteroatoms. The maximum absolute atomic E-state index is 12.1. The molecule has 1 saturated heterocycles. The second kappa shape index (κ2) is 4.30. The second-order valence-electron chi connectivity index (χ2n) is 4.38. The van der Waals surface area contributed by atoms with E-state index in [1.54, 1.807) is 18.2 Å². The van der Waals surface area contributed by atoms with E-state index in [9.17, 15) is 9.59 Å². The fraction of sp³-hybridized carbons (Fsp3) is 0.333. The molecule has 1 unspecified atom stereocenters. The van der Waals surface area contributed by atoms with E-state index in [-0.39, 0.29) is 6.17 Å². The van der Waals surface area contributed by atoms with Gasteiger partial charge >= 0.3 is 11.7 Å². The Kier molecular flexibility index (Phi) is 2.64. The van der Waals surface area contributed by atoms with Gasteiger partial charge in [0, 0.05) is 0 Å². The van der Waals surface area contributed by atoms with E-state index in [1.165, 1.54) is 0 Å². The Hall–Kier alpha value is -2.08. The highest BCUT2D eigenvalue weighted by atomic mass is 16.2. The Morgan fingerprint density at radius 2 is 2.22 bits per heavy atom. The highest BCUT2D eigenvalue weighted by Gasteiger charge is 2.19. The maximum atomic E-state index is 12.1. The molecule has 1 aliphatic rings. The lowest BCUT2D eigenvalue weighted by molar-refractivity contribution is 0.237. The topological polar surface area (TPSA) is 78.9 Å². The SMILES string of the molecule is O=C(NC1CCCN1)n1c(=O)[nH]c2ccccc21. The predicted octanol–water partition coefficient (Wildman–Crippen LogP) is 0.597. The van der Waals surface area contributed by atoms with Gasteiger partial charge in [-0.05, 0) is 31.5 Å². The van der Waals surface area contributed by atoms with Crippen LogP contribution in [0, 0.1) is 0 Å². The molecule has 3 rings (SSSR count). The molecule has 1 fully saturated rings. The van der Waals surface area contributed by atoms with Crippen LogP contribution in [0.3, 0.4) is 0 Å². The van der Waals surface area contributed by atoms with E-state index in [2.05, 4.69) is 15.6 Å². The lowest BCUT2D eigenvalue weighted by atomic mass is 10.3. The molecule has 2 heterocycles. The molecule has 18 heavy (non-hydrogen) atoms. The normalized spacial score (nSPS) is 19.2. The van der Waals surface area contributed by atoms with Crippen molar-refractivity contribution in [2.24, 2.45) is 0 Å². The van der Waals surface area contributed by atoms with Gasteiger partial charge in [0.2, 0.25) is 0 Å². The summed E-state index contributed by atoms with van der Waals surface area (Å²) in [6.45, 7) is 0.897. The first-order valence-corrected chi connectivity index (χ1v) is 6.00. The van der Waals surface area contributed by atoms with Gasteiger partial charge in [-0.1, -0.05) is 12.1 Å². The number of fused-ring (bicyclic) bond motifs is 1. The number of hydrogen-bond acceptors (Lipinski definition) is 3. The van der Waals surface area contributed by atoms with E-state index < -0.39 is 11.7 Å². The zero-order chi connectivity index (χ0) is 12.5. The number of benzene rings is 1. The first-order valence-electron chi connectivity index (χ1n) is 6.00. The maximum Gasteiger partial charge on any atom is 0.334 e. The van der Waals surface area contributed by atoms with E-state index in [0.717, 1.165) is 24.0 Å². The van der Waals surface area contributed by atoms with E-state index in [4.69, 9.17) is 0 Å². The number of aromatic nitrogens is 2. The number of nitrogens with one attached hydrogen (secondary N) is 3. The minimum Gasteiger partial charge on any atom is -0.322 e.